The van der Waals surface area contributed by atoms with Crippen molar-refractivity contribution >= 4 is 12.0 Å². The Labute approximate surface area is 117 Å². The molecule has 5 heteroatoms. The van der Waals surface area contributed by atoms with E-state index in [1.807, 2.05) is 43.3 Å². The highest BCUT2D eigenvalue weighted by Gasteiger charge is 2.58. The Bertz CT molecular complexity index is 514. The molecule has 0 aromatic heterocycles. The first-order chi connectivity index (χ1) is 9.43. The van der Waals surface area contributed by atoms with Gasteiger partial charge >= 0.3 is 5.97 Å². The number of rotatable bonds is 6. The number of carbonyl (C=O) groups is 1. The minimum Gasteiger partial charge on any atom is -0.480 e. The van der Waals surface area contributed by atoms with Crippen LogP contribution in [0, 0.1) is 0 Å². The molecular weight excluding hydrogens is 258 g/mol. The molecule has 1 fully saturated rings. The Morgan fingerprint density at radius 1 is 1.50 bits per heavy atom. The summed E-state index contributed by atoms with van der Waals surface area (Å²) in [5, 5.41) is 21.1. The summed E-state index contributed by atoms with van der Waals surface area (Å²) in [5.74, 6) is -1.01. The number of aliphatic hydroxyl groups excluding tert-OH is 1. The van der Waals surface area contributed by atoms with E-state index in [2.05, 4.69) is 5.32 Å². The highest BCUT2D eigenvalue weighted by atomic mass is 16.6. The summed E-state index contributed by atoms with van der Waals surface area (Å²) in [6, 6.07) is 9.83. The molecule has 0 spiro atoms. The fraction of sp³-hybridized carbons (Fsp3) is 0.400. The van der Waals surface area contributed by atoms with Crippen molar-refractivity contribution in [2.24, 2.45) is 0 Å². The second-order valence-electron chi connectivity index (χ2n) is 5.16. The van der Waals surface area contributed by atoms with E-state index in [0.717, 1.165) is 11.1 Å². The summed E-state index contributed by atoms with van der Waals surface area (Å²) in [6.07, 6.45) is 0.779. The molecule has 1 aliphatic heterocycles. The predicted octanol–water partition coefficient (Wildman–Crippen LogP) is 1.24. The third-order valence-electron chi connectivity index (χ3n) is 3.43. The monoisotopic (exact) mass is 277 g/mol. The van der Waals surface area contributed by atoms with Crippen molar-refractivity contribution in [3.05, 3.63) is 41.5 Å². The number of carboxylic acid groups (broad SMARTS) is 1. The summed E-state index contributed by atoms with van der Waals surface area (Å²) in [5.41, 5.74) is 1.29. The van der Waals surface area contributed by atoms with Gasteiger partial charge in [-0.05, 0) is 25.0 Å². The van der Waals surface area contributed by atoms with Gasteiger partial charge in [-0.1, -0.05) is 36.4 Å². The lowest BCUT2D eigenvalue weighted by molar-refractivity contribution is -0.136. The maximum Gasteiger partial charge on any atom is 0.317 e. The Balaban J connectivity index is 1.99. The van der Waals surface area contributed by atoms with Crippen LogP contribution in [-0.2, 0) is 9.53 Å². The minimum atomic E-state index is -1.01. The highest BCUT2D eigenvalue weighted by Crippen LogP contribution is 2.43. The summed E-state index contributed by atoms with van der Waals surface area (Å²) < 4.78 is 5.56. The van der Waals surface area contributed by atoms with Crippen molar-refractivity contribution in [3.63, 3.8) is 0 Å². The molecule has 1 aliphatic rings. The van der Waals surface area contributed by atoms with Gasteiger partial charge in [-0.3, -0.25) is 10.1 Å². The summed E-state index contributed by atoms with van der Waals surface area (Å²) in [6.45, 7) is 3.40. The normalized spacial score (nSPS) is 27.1. The average molecular weight is 277 g/mol. The Hall–Kier alpha value is -1.69. The van der Waals surface area contributed by atoms with Crippen molar-refractivity contribution in [2.75, 3.05) is 6.54 Å². The van der Waals surface area contributed by atoms with Gasteiger partial charge in [0.15, 0.2) is 0 Å². The minimum absolute atomic E-state index is 0.209. The van der Waals surface area contributed by atoms with Crippen molar-refractivity contribution in [2.45, 2.75) is 31.8 Å². The lowest BCUT2D eigenvalue weighted by Gasteiger charge is -2.16. The third-order valence-corrected chi connectivity index (χ3v) is 3.43. The highest BCUT2D eigenvalue weighted by molar-refractivity contribution is 5.69. The van der Waals surface area contributed by atoms with E-state index in [4.69, 9.17) is 9.84 Å². The molecule has 1 heterocycles. The van der Waals surface area contributed by atoms with Gasteiger partial charge in [-0.15, -0.1) is 0 Å². The van der Waals surface area contributed by atoms with Crippen LogP contribution in [0.5, 0.6) is 0 Å². The summed E-state index contributed by atoms with van der Waals surface area (Å²) in [7, 11) is 0. The predicted molar refractivity (Wildman–Crippen MR) is 75.0 cm³/mol. The molecular formula is C15H19NO4. The molecule has 3 atom stereocenters. The quantitative estimate of drug-likeness (QED) is 0.538. The number of hydrogen-bond donors (Lipinski definition) is 3. The molecule has 20 heavy (non-hydrogen) atoms. The van der Waals surface area contributed by atoms with Gasteiger partial charge in [0.05, 0.1) is 6.54 Å². The van der Waals surface area contributed by atoms with E-state index in [-0.39, 0.29) is 12.6 Å². The van der Waals surface area contributed by atoms with Crippen LogP contribution in [0.25, 0.3) is 6.08 Å². The van der Waals surface area contributed by atoms with E-state index < -0.39 is 17.8 Å². The van der Waals surface area contributed by atoms with Crippen LogP contribution in [0.15, 0.2) is 35.9 Å². The molecule has 0 radical (unpaired) electrons. The second kappa shape index (κ2) is 5.75. The standard InChI is InChI=1S/C15H19NO4/c1-10(8-11-6-4-3-5-7-11)13-15(2,20-13)14(19)16-9-12(17)18/h3-8,13-14,16,19H,9H2,1-2H3,(H,17,18)/b10-8-. The molecule has 3 unspecified atom stereocenters. The van der Waals surface area contributed by atoms with E-state index >= 15 is 0 Å². The van der Waals surface area contributed by atoms with Gasteiger partial charge in [-0.2, -0.15) is 0 Å². The smallest absolute Gasteiger partial charge is 0.317 e. The molecule has 0 saturated carbocycles. The van der Waals surface area contributed by atoms with Gasteiger partial charge in [0.1, 0.15) is 17.9 Å². The Kier molecular flexibility index (Phi) is 4.23. The first-order valence-corrected chi connectivity index (χ1v) is 6.48. The number of hydrogen-bond acceptors (Lipinski definition) is 4. The number of benzene rings is 1. The number of aliphatic hydroxyl groups is 1. The van der Waals surface area contributed by atoms with Crippen molar-refractivity contribution < 1.29 is 19.7 Å². The second-order valence-corrected chi connectivity index (χ2v) is 5.16. The van der Waals surface area contributed by atoms with E-state index in [1.54, 1.807) is 6.92 Å². The number of ether oxygens (including phenoxy) is 1. The van der Waals surface area contributed by atoms with Gasteiger partial charge in [0.2, 0.25) is 0 Å². The van der Waals surface area contributed by atoms with Crippen molar-refractivity contribution in [1.29, 1.82) is 0 Å². The maximum absolute atomic E-state index is 10.5. The largest absolute Gasteiger partial charge is 0.480 e. The molecule has 0 bridgehead atoms. The first kappa shape index (κ1) is 14.7. The van der Waals surface area contributed by atoms with Crippen LogP contribution in [0.2, 0.25) is 0 Å². The van der Waals surface area contributed by atoms with Crippen molar-refractivity contribution in [1.82, 2.24) is 5.32 Å². The lowest BCUT2D eigenvalue weighted by atomic mass is 9.99. The van der Waals surface area contributed by atoms with Crippen LogP contribution < -0.4 is 5.32 Å². The molecule has 1 aromatic rings. The lowest BCUT2D eigenvalue weighted by Crippen LogP contribution is -2.44. The zero-order chi connectivity index (χ0) is 14.8. The molecule has 0 aliphatic carbocycles. The van der Waals surface area contributed by atoms with Gasteiger partial charge < -0.3 is 14.9 Å². The van der Waals surface area contributed by atoms with Crippen LogP contribution in [0.1, 0.15) is 19.4 Å². The number of aliphatic carboxylic acids is 1. The van der Waals surface area contributed by atoms with Crippen LogP contribution in [0.4, 0.5) is 0 Å². The number of epoxide rings is 1. The molecule has 108 valence electrons. The van der Waals surface area contributed by atoms with Gasteiger partial charge in [0.25, 0.3) is 0 Å². The SMILES string of the molecule is C/C(=C/c1ccccc1)C1OC1(C)C(O)NCC(=O)O. The fourth-order valence-electron chi connectivity index (χ4n) is 2.25. The fourth-order valence-corrected chi connectivity index (χ4v) is 2.25. The average Bonchev–Trinajstić information content (AvgIpc) is 3.11. The van der Waals surface area contributed by atoms with Gasteiger partial charge in [0, 0.05) is 0 Å². The number of nitrogens with one attached hydrogen (secondary N) is 1. The first-order valence-electron chi connectivity index (χ1n) is 6.48. The molecule has 5 nitrogen and oxygen atoms in total. The zero-order valence-electron chi connectivity index (χ0n) is 11.5. The van der Waals surface area contributed by atoms with Gasteiger partial charge in [-0.25, -0.2) is 0 Å². The van der Waals surface area contributed by atoms with Crippen LogP contribution in [-0.4, -0.2) is 40.7 Å². The molecule has 2 rings (SSSR count). The third kappa shape index (κ3) is 3.25. The Morgan fingerprint density at radius 3 is 2.75 bits per heavy atom. The van der Waals surface area contributed by atoms with E-state index in [0.29, 0.717) is 0 Å². The van der Waals surface area contributed by atoms with Crippen LogP contribution in [0.3, 0.4) is 0 Å². The topological polar surface area (TPSA) is 82.1 Å². The van der Waals surface area contributed by atoms with Crippen LogP contribution >= 0.6 is 0 Å². The molecule has 0 amide bonds. The molecule has 1 saturated heterocycles. The Morgan fingerprint density at radius 2 is 2.15 bits per heavy atom. The van der Waals surface area contributed by atoms with E-state index in [9.17, 15) is 9.90 Å². The zero-order valence-corrected chi connectivity index (χ0v) is 11.5. The summed E-state index contributed by atoms with van der Waals surface area (Å²) >= 11 is 0. The molecule has 1 aromatic carbocycles. The molecule has 3 N–H and O–H groups in total. The van der Waals surface area contributed by atoms with Crippen molar-refractivity contribution in [3.8, 4) is 0 Å². The maximum atomic E-state index is 10.5. The number of carboxylic acids is 1. The summed E-state index contributed by atoms with van der Waals surface area (Å²) in [4.78, 5) is 10.5. The van der Waals surface area contributed by atoms with E-state index in [1.165, 1.54) is 0 Å².